The summed E-state index contributed by atoms with van der Waals surface area (Å²) in [6.45, 7) is 0. The number of phenolic OH excluding ortho intramolecular Hbond substituents is 1. The fraction of sp³-hybridized carbons (Fsp3) is 0.0417. The molecule has 0 aliphatic carbocycles. The fourth-order valence-electron chi connectivity index (χ4n) is 3.94. The second-order valence-electron chi connectivity index (χ2n) is 7.11. The number of halogens is 2. The maximum absolute atomic E-state index is 14.1. The highest BCUT2D eigenvalue weighted by atomic mass is 127. The molecule has 1 heterocycles. The summed E-state index contributed by atoms with van der Waals surface area (Å²) >= 11 is 2.16. The van der Waals surface area contributed by atoms with Gasteiger partial charge in [0.25, 0.3) is 5.91 Å². The summed E-state index contributed by atoms with van der Waals surface area (Å²) in [5, 5.41) is 16.0. The van der Waals surface area contributed by atoms with Crippen LogP contribution in [0.15, 0.2) is 78.9 Å². The molecule has 4 aromatic rings. The second kappa shape index (κ2) is 7.28. The molecule has 5 rings (SSSR count). The van der Waals surface area contributed by atoms with Crippen LogP contribution in [0.5, 0.6) is 5.75 Å². The molecule has 1 amide bonds. The lowest BCUT2D eigenvalue weighted by Crippen LogP contribution is -2.43. The highest BCUT2D eigenvalue weighted by Crippen LogP contribution is 2.42. The van der Waals surface area contributed by atoms with E-state index in [4.69, 9.17) is 0 Å². The van der Waals surface area contributed by atoms with Crippen LogP contribution in [-0.4, -0.2) is 11.0 Å². The van der Waals surface area contributed by atoms with Crippen molar-refractivity contribution in [2.75, 3.05) is 10.2 Å². The van der Waals surface area contributed by atoms with Gasteiger partial charge >= 0.3 is 0 Å². The van der Waals surface area contributed by atoms with Gasteiger partial charge in [-0.2, -0.15) is 0 Å². The number of nitrogens with one attached hydrogen (secondary N) is 1. The summed E-state index contributed by atoms with van der Waals surface area (Å²) in [4.78, 5) is 15.1. The number of carbonyl (C=O) groups is 1. The molecule has 0 unspecified atom stereocenters. The zero-order valence-corrected chi connectivity index (χ0v) is 17.8. The molecule has 1 aliphatic heterocycles. The number of hydrogen-bond donors (Lipinski definition) is 2. The maximum Gasteiger partial charge on any atom is 0.262 e. The van der Waals surface area contributed by atoms with Crippen molar-refractivity contribution in [3.63, 3.8) is 0 Å². The molecule has 0 saturated carbocycles. The number of phenols is 1. The van der Waals surface area contributed by atoms with Crippen LogP contribution in [0.1, 0.15) is 22.1 Å². The average Bonchev–Trinajstić information content (AvgIpc) is 2.74. The van der Waals surface area contributed by atoms with Gasteiger partial charge < -0.3 is 10.4 Å². The Morgan fingerprint density at radius 2 is 1.80 bits per heavy atom. The van der Waals surface area contributed by atoms with Crippen molar-refractivity contribution in [2.45, 2.75) is 6.17 Å². The third kappa shape index (κ3) is 3.08. The van der Waals surface area contributed by atoms with Crippen molar-refractivity contribution < 1.29 is 14.3 Å². The molecule has 0 radical (unpaired) electrons. The molecule has 2 N–H and O–H groups in total. The van der Waals surface area contributed by atoms with E-state index in [1.54, 1.807) is 24.3 Å². The van der Waals surface area contributed by atoms with Crippen LogP contribution in [0.2, 0.25) is 0 Å². The van der Waals surface area contributed by atoms with Crippen LogP contribution >= 0.6 is 22.6 Å². The average molecular weight is 510 g/mol. The highest BCUT2D eigenvalue weighted by Gasteiger charge is 2.36. The lowest BCUT2D eigenvalue weighted by atomic mass is 9.97. The zero-order chi connectivity index (χ0) is 20.8. The first-order valence-electron chi connectivity index (χ1n) is 9.39. The Bertz CT molecular complexity index is 1310. The van der Waals surface area contributed by atoms with Gasteiger partial charge in [-0.3, -0.25) is 9.69 Å². The summed E-state index contributed by atoms with van der Waals surface area (Å²) in [6, 6.07) is 22.6. The van der Waals surface area contributed by atoms with Gasteiger partial charge in [-0.15, -0.1) is 0 Å². The fourth-order valence-corrected chi connectivity index (χ4v) is 4.43. The van der Waals surface area contributed by atoms with Crippen LogP contribution in [0, 0.1) is 9.39 Å². The van der Waals surface area contributed by atoms with Gasteiger partial charge in [0.1, 0.15) is 17.7 Å². The number of nitrogens with zero attached hydrogens (tertiary/aromatic N) is 1. The number of anilines is 2. The summed E-state index contributed by atoms with van der Waals surface area (Å²) in [6.07, 6.45) is -0.710. The number of benzene rings is 4. The molecule has 148 valence electrons. The third-order valence-electron chi connectivity index (χ3n) is 5.29. The Hall–Kier alpha value is -3.13. The quantitative estimate of drug-likeness (QED) is 0.323. The summed E-state index contributed by atoms with van der Waals surface area (Å²) < 4.78 is 15.0. The van der Waals surface area contributed by atoms with Gasteiger partial charge in [0.05, 0.1) is 5.56 Å². The van der Waals surface area contributed by atoms with Crippen molar-refractivity contribution in [3.05, 3.63) is 99.4 Å². The van der Waals surface area contributed by atoms with E-state index in [9.17, 15) is 14.3 Å². The van der Waals surface area contributed by atoms with Crippen LogP contribution in [-0.2, 0) is 0 Å². The highest BCUT2D eigenvalue weighted by molar-refractivity contribution is 14.1. The standard InChI is InChI=1S/C24H16FIN2O2/c25-15-5-3-6-17(12-15)28-23(27-20-10-9-16(26)13-19(20)24(28)30)22-18-7-2-1-4-14(18)8-11-21(22)29/h1-13,23,27,29H/t23-/m1/s1. The number of amides is 1. The summed E-state index contributed by atoms with van der Waals surface area (Å²) in [5.74, 6) is -0.630. The summed E-state index contributed by atoms with van der Waals surface area (Å²) in [5.41, 5.74) is 2.15. The number of carbonyl (C=O) groups excluding carboxylic acids is 1. The van der Waals surface area contributed by atoms with E-state index in [0.717, 1.165) is 14.3 Å². The normalized spacial score (nSPS) is 15.7. The Morgan fingerprint density at radius 3 is 2.63 bits per heavy atom. The molecular formula is C24H16FIN2O2. The van der Waals surface area contributed by atoms with Gasteiger partial charge in [0.15, 0.2) is 0 Å². The Morgan fingerprint density at radius 1 is 0.967 bits per heavy atom. The van der Waals surface area contributed by atoms with Gasteiger partial charge in [0, 0.05) is 20.5 Å². The molecule has 0 spiro atoms. The van der Waals surface area contributed by atoms with Gasteiger partial charge in [-0.25, -0.2) is 4.39 Å². The first kappa shape index (κ1) is 18.9. The zero-order valence-electron chi connectivity index (χ0n) is 15.6. The van der Waals surface area contributed by atoms with Gasteiger partial charge in [-0.05, 0) is 75.8 Å². The van der Waals surface area contributed by atoms with E-state index in [1.165, 1.54) is 17.0 Å². The molecule has 0 fully saturated rings. The molecule has 0 aromatic heterocycles. The topological polar surface area (TPSA) is 52.6 Å². The van der Waals surface area contributed by atoms with Crippen LogP contribution in [0.4, 0.5) is 15.8 Å². The van der Waals surface area contributed by atoms with Crippen molar-refractivity contribution >= 4 is 50.6 Å². The molecule has 1 aliphatic rings. The van der Waals surface area contributed by atoms with E-state index in [-0.39, 0.29) is 11.7 Å². The molecule has 4 aromatic carbocycles. The number of fused-ring (bicyclic) bond motifs is 2. The van der Waals surface area contributed by atoms with E-state index < -0.39 is 12.0 Å². The van der Waals surface area contributed by atoms with Gasteiger partial charge in [0.2, 0.25) is 0 Å². The number of rotatable bonds is 2. The predicted molar refractivity (Wildman–Crippen MR) is 124 cm³/mol. The first-order chi connectivity index (χ1) is 14.5. The van der Waals surface area contributed by atoms with E-state index >= 15 is 0 Å². The largest absolute Gasteiger partial charge is 0.507 e. The second-order valence-corrected chi connectivity index (χ2v) is 8.36. The Balaban J connectivity index is 1.78. The molecule has 4 nitrogen and oxygen atoms in total. The first-order valence-corrected chi connectivity index (χ1v) is 10.5. The van der Waals surface area contributed by atoms with Crippen molar-refractivity contribution in [2.24, 2.45) is 0 Å². The van der Waals surface area contributed by atoms with Crippen molar-refractivity contribution in [3.8, 4) is 5.75 Å². The lowest BCUT2D eigenvalue weighted by Gasteiger charge is -2.39. The van der Waals surface area contributed by atoms with Gasteiger partial charge in [-0.1, -0.05) is 36.4 Å². The Labute approximate surface area is 186 Å². The molecule has 1 atom stereocenters. The molecule has 30 heavy (non-hydrogen) atoms. The van der Waals surface area contributed by atoms with E-state index in [0.29, 0.717) is 22.5 Å². The van der Waals surface area contributed by atoms with E-state index in [1.807, 2.05) is 42.5 Å². The Kier molecular flexibility index (Phi) is 4.58. The molecule has 0 saturated heterocycles. The van der Waals surface area contributed by atoms with Crippen LogP contribution < -0.4 is 10.2 Å². The smallest absolute Gasteiger partial charge is 0.262 e. The lowest BCUT2D eigenvalue weighted by molar-refractivity contribution is 0.0975. The minimum absolute atomic E-state index is 0.0642. The SMILES string of the molecule is O=C1c2cc(I)ccc2N[C@@H](c2c(O)ccc3ccccc23)N1c1cccc(F)c1. The third-order valence-corrected chi connectivity index (χ3v) is 5.96. The molecule has 6 heteroatoms. The molecule has 0 bridgehead atoms. The van der Waals surface area contributed by atoms with Crippen LogP contribution in [0.3, 0.4) is 0 Å². The predicted octanol–water partition coefficient (Wildman–Crippen LogP) is 6.06. The minimum Gasteiger partial charge on any atom is -0.507 e. The number of hydrogen-bond acceptors (Lipinski definition) is 3. The van der Waals surface area contributed by atoms with Crippen molar-refractivity contribution in [1.82, 2.24) is 0 Å². The number of aromatic hydroxyl groups is 1. The minimum atomic E-state index is -0.710. The maximum atomic E-state index is 14.1. The molecular weight excluding hydrogens is 494 g/mol. The monoisotopic (exact) mass is 510 g/mol. The summed E-state index contributed by atoms with van der Waals surface area (Å²) in [7, 11) is 0. The van der Waals surface area contributed by atoms with Crippen molar-refractivity contribution in [1.29, 1.82) is 0 Å². The van der Waals surface area contributed by atoms with E-state index in [2.05, 4.69) is 27.9 Å². The van der Waals surface area contributed by atoms with Crippen LogP contribution in [0.25, 0.3) is 10.8 Å².